The molecule has 0 amide bonds. The summed E-state index contributed by atoms with van der Waals surface area (Å²) in [5, 5.41) is 8.78. The molecule has 0 spiro atoms. The molecule has 0 aliphatic rings. The van der Waals surface area contributed by atoms with Gasteiger partial charge in [0, 0.05) is 24.0 Å². The number of halogens is 2. The predicted molar refractivity (Wildman–Crippen MR) is 92.0 cm³/mol. The molecular formula is C16H21BrClN3. The van der Waals surface area contributed by atoms with Crippen LogP contribution in [0.1, 0.15) is 35.5 Å². The zero-order chi connectivity index (χ0) is 15.6. The quantitative estimate of drug-likeness (QED) is 0.843. The van der Waals surface area contributed by atoms with Crippen LogP contribution in [-0.2, 0) is 13.0 Å². The average Bonchev–Trinajstić information content (AvgIpc) is 2.75. The molecule has 1 aromatic heterocycles. The van der Waals surface area contributed by atoms with Crippen LogP contribution >= 0.6 is 27.5 Å². The van der Waals surface area contributed by atoms with Crippen molar-refractivity contribution >= 4 is 27.5 Å². The van der Waals surface area contributed by atoms with Gasteiger partial charge in [0.1, 0.15) is 0 Å². The van der Waals surface area contributed by atoms with Crippen molar-refractivity contribution in [2.24, 2.45) is 0 Å². The zero-order valence-electron chi connectivity index (χ0n) is 12.9. The lowest BCUT2D eigenvalue weighted by atomic mass is 9.97. The van der Waals surface area contributed by atoms with Crippen molar-refractivity contribution in [3.63, 3.8) is 0 Å². The lowest BCUT2D eigenvalue weighted by Gasteiger charge is -2.20. The van der Waals surface area contributed by atoms with E-state index in [0.29, 0.717) is 0 Å². The van der Waals surface area contributed by atoms with Gasteiger partial charge in [0.15, 0.2) is 0 Å². The fourth-order valence-corrected chi connectivity index (χ4v) is 3.25. The number of nitrogens with zero attached hydrogens (tertiary/aromatic N) is 2. The number of hydrogen-bond acceptors (Lipinski definition) is 2. The minimum Gasteiger partial charge on any atom is -0.313 e. The number of nitrogens with one attached hydrogen (secondary N) is 1. The van der Waals surface area contributed by atoms with Crippen molar-refractivity contribution < 1.29 is 0 Å². The molecule has 5 heteroatoms. The molecule has 1 heterocycles. The average molecular weight is 371 g/mol. The fourth-order valence-electron chi connectivity index (χ4n) is 2.63. The maximum absolute atomic E-state index is 6.26. The van der Waals surface area contributed by atoms with E-state index >= 15 is 0 Å². The van der Waals surface area contributed by atoms with E-state index in [1.807, 2.05) is 26.1 Å². The molecule has 0 saturated heterocycles. The molecule has 1 aromatic carbocycles. The summed E-state index contributed by atoms with van der Waals surface area (Å²) in [6.07, 6.45) is 0.868. The van der Waals surface area contributed by atoms with Crippen LogP contribution in [0, 0.1) is 13.8 Å². The molecular weight excluding hydrogens is 350 g/mol. The summed E-state index contributed by atoms with van der Waals surface area (Å²) in [5.74, 6) is 0. The van der Waals surface area contributed by atoms with Gasteiger partial charge in [-0.15, -0.1) is 0 Å². The third kappa shape index (κ3) is 3.33. The lowest BCUT2D eigenvalue weighted by molar-refractivity contribution is 0.538. The maximum atomic E-state index is 6.26. The molecule has 0 aliphatic carbocycles. The Bertz CT molecular complexity index is 637. The topological polar surface area (TPSA) is 29.9 Å². The lowest BCUT2D eigenvalue weighted by Crippen LogP contribution is -2.21. The van der Waals surface area contributed by atoms with E-state index in [4.69, 9.17) is 11.6 Å². The van der Waals surface area contributed by atoms with Gasteiger partial charge in [0.2, 0.25) is 0 Å². The summed E-state index contributed by atoms with van der Waals surface area (Å²) in [4.78, 5) is 0. The third-order valence-electron chi connectivity index (χ3n) is 3.88. The Balaban J connectivity index is 2.38. The number of aromatic nitrogens is 2. The van der Waals surface area contributed by atoms with E-state index < -0.39 is 0 Å². The second-order valence-electron chi connectivity index (χ2n) is 5.16. The Morgan fingerprint density at radius 3 is 2.71 bits per heavy atom. The van der Waals surface area contributed by atoms with E-state index in [1.54, 1.807) is 0 Å². The zero-order valence-corrected chi connectivity index (χ0v) is 15.2. The largest absolute Gasteiger partial charge is 0.313 e. The highest BCUT2D eigenvalue weighted by Crippen LogP contribution is 2.29. The molecule has 0 saturated carbocycles. The Labute approximate surface area is 139 Å². The van der Waals surface area contributed by atoms with Gasteiger partial charge >= 0.3 is 0 Å². The summed E-state index contributed by atoms with van der Waals surface area (Å²) in [6.45, 7) is 7.08. The fraction of sp³-hybridized carbons (Fsp3) is 0.438. The van der Waals surface area contributed by atoms with E-state index in [2.05, 4.69) is 50.9 Å². The number of rotatable bonds is 5. The number of benzene rings is 1. The normalized spacial score (nSPS) is 12.7. The third-order valence-corrected chi connectivity index (χ3v) is 5.32. The number of aryl methyl sites for hydroxylation is 2. The van der Waals surface area contributed by atoms with E-state index in [1.165, 1.54) is 11.3 Å². The predicted octanol–water partition coefficient (Wildman–Crippen LogP) is 4.44. The van der Waals surface area contributed by atoms with Gasteiger partial charge in [0.25, 0.3) is 0 Å². The summed E-state index contributed by atoms with van der Waals surface area (Å²) < 4.78 is 3.16. The first-order chi connectivity index (χ1) is 9.99. The molecule has 0 aliphatic heterocycles. The SMILES string of the molecule is CCn1nc(C)c(Br)c1CC(NC)c1cccc(Cl)c1C. The molecule has 0 fully saturated rings. The van der Waals surface area contributed by atoms with Gasteiger partial charge in [-0.25, -0.2) is 0 Å². The van der Waals surface area contributed by atoms with Crippen LogP contribution in [0.2, 0.25) is 5.02 Å². The van der Waals surface area contributed by atoms with Gasteiger partial charge in [0.05, 0.1) is 15.9 Å². The van der Waals surface area contributed by atoms with E-state index in [-0.39, 0.29) is 6.04 Å². The van der Waals surface area contributed by atoms with Crippen molar-refractivity contribution in [2.45, 2.75) is 39.8 Å². The molecule has 114 valence electrons. The van der Waals surface area contributed by atoms with Gasteiger partial charge in [-0.05, 0) is 60.9 Å². The Kier molecular flexibility index (Phi) is 5.47. The van der Waals surface area contributed by atoms with Crippen LogP contribution in [0.15, 0.2) is 22.7 Å². The number of likely N-dealkylation sites (N-methyl/N-ethyl adjacent to an activating group) is 1. The highest BCUT2D eigenvalue weighted by molar-refractivity contribution is 9.10. The Morgan fingerprint density at radius 1 is 1.38 bits per heavy atom. The van der Waals surface area contributed by atoms with Crippen molar-refractivity contribution in [2.75, 3.05) is 7.05 Å². The minimum absolute atomic E-state index is 0.210. The van der Waals surface area contributed by atoms with Gasteiger partial charge < -0.3 is 5.32 Å². The molecule has 2 rings (SSSR count). The monoisotopic (exact) mass is 369 g/mol. The second kappa shape index (κ2) is 6.95. The second-order valence-corrected chi connectivity index (χ2v) is 6.36. The van der Waals surface area contributed by atoms with Crippen molar-refractivity contribution in [1.82, 2.24) is 15.1 Å². The van der Waals surface area contributed by atoms with Crippen molar-refractivity contribution in [3.8, 4) is 0 Å². The highest BCUT2D eigenvalue weighted by Gasteiger charge is 2.19. The summed E-state index contributed by atoms with van der Waals surface area (Å²) in [7, 11) is 1.98. The summed E-state index contributed by atoms with van der Waals surface area (Å²) in [5.41, 5.74) is 4.62. The van der Waals surface area contributed by atoms with Crippen LogP contribution < -0.4 is 5.32 Å². The molecule has 1 atom stereocenters. The van der Waals surface area contributed by atoms with Crippen LogP contribution in [0.4, 0.5) is 0 Å². The maximum Gasteiger partial charge on any atom is 0.0738 e. The van der Waals surface area contributed by atoms with Gasteiger partial charge in [-0.3, -0.25) is 4.68 Å². The number of hydrogen-bond donors (Lipinski definition) is 1. The molecule has 1 N–H and O–H groups in total. The molecule has 3 nitrogen and oxygen atoms in total. The first-order valence-corrected chi connectivity index (χ1v) is 8.30. The van der Waals surface area contributed by atoms with E-state index in [9.17, 15) is 0 Å². The minimum atomic E-state index is 0.210. The van der Waals surface area contributed by atoms with Crippen LogP contribution in [0.5, 0.6) is 0 Å². The highest BCUT2D eigenvalue weighted by atomic mass is 79.9. The first kappa shape index (κ1) is 16.5. The smallest absolute Gasteiger partial charge is 0.0738 e. The molecule has 0 radical (unpaired) electrons. The molecule has 2 aromatic rings. The summed E-state index contributed by atoms with van der Waals surface area (Å²) in [6, 6.07) is 6.28. The van der Waals surface area contributed by atoms with Crippen molar-refractivity contribution in [3.05, 3.63) is 50.2 Å². The van der Waals surface area contributed by atoms with Crippen LogP contribution in [0.3, 0.4) is 0 Å². The molecule has 1 unspecified atom stereocenters. The van der Waals surface area contributed by atoms with Gasteiger partial charge in [-0.2, -0.15) is 5.10 Å². The van der Waals surface area contributed by atoms with Crippen LogP contribution in [0.25, 0.3) is 0 Å². The van der Waals surface area contributed by atoms with Crippen molar-refractivity contribution in [1.29, 1.82) is 0 Å². The Hall–Kier alpha value is -0.840. The standard InChI is InChI=1S/C16H21BrClN3/c1-5-21-15(16(17)11(3)20-21)9-14(19-4)12-7-6-8-13(18)10(12)2/h6-8,14,19H,5,9H2,1-4H3. The Morgan fingerprint density at radius 2 is 2.10 bits per heavy atom. The molecule has 21 heavy (non-hydrogen) atoms. The molecule has 0 bridgehead atoms. The summed E-state index contributed by atoms with van der Waals surface area (Å²) >= 11 is 9.93. The first-order valence-electron chi connectivity index (χ1n) is 7.13. The van der Waals surface area contributed by atoms with Crippen LogP contribution in [-0.4, -0.2) is 16.8 Å². The van der Waals surface area contributed by atoms with E-state index in [0.717, 1.165) is 33.7 Å². The van der Waals surface area contributed by atoms with Gasteiger partial charge in [-0.1, -0.05) is 23.7 Å².